The first-order valence-corrected chi connectivity index (χ1v) is 5.87. The molecule has 1 aromatic carbocycles. The third kappa shape index (κ3) is 3.00. The first-order chi connectivity index (χ1) is 8.50. The minimum absolute atomic E-state index is 0.0882. The lowest BCUT2D eigenvalue weighted by Crippen LogP contribution is -2.33. The van der Waals surface area contributed by atoms with E-state index in [0.717, 1.165) is 12.8 Å². The van der Waals surface area contributed by atoms with E-state index >= 15 is 0 Å². The molecule has 0 unspecified atom stereocenters. The van der Waals surface area contributed by atoms with Gasteiger partial charge in [-0.1, -0.05) is 19.1 Å². The van der Waals surface area contributed by atoms with Crippen LogP contribution >= 0.6 is 0 Å². The van der Waals surface area contributed by atoms with Crippen LogP contribution in [0, 0.1) is 5.41 Å². The first-order valence-electron chi connectivity index (χ1n) is 5.87. The molecule has 0 atom stereocenters. The molecule has 18 heavy (non-hydrogen) atoms. The molecule has 96 valence electrons. The first kappa shape index (κ1) is 12.4. The van der Waals surface area contributed by atoms with Gasteiger partial charge in [-0.05, 0) is 30.4 Å². The number of amides is 2. The van der Waals surface area contributed by atoms with Crippen LogP contribution < -0.4 is 10.6 Å². The van der Waals surface area contributed by atoms with E-state index in [4.69, 9.17) is 5.11 Å². The Morgan fingerprint density at radius 2 is 2.00 bits per heavy atom. The van der Waals surface area contributed by atoms with Gasteiger partial charge in [-0.2, -0.15) is 0 Å². The van der Waals surface area contributed by atoms with Gasteiger partial charge in [0.25, 0.3) is 0 Å². The predicted molar refractivity (Wildman–Crippen MR) is 67.8 cm³/mol. The number of carbonyl (C=O) groups excluding carboxylic acids is 1. The van der Waals surface area contributed by atoms with Gasteiger partial charge in [-0.15, -0.1) is 0 Å². The second-order valence-corrected chi connectivity index (χ2v) is 4.97. The number of hydrogen-bond donors (Lipinski definition) is 3. The van der Waals surface area contributed by atoms with E-state index in [1.807, 2.05) is 0 Å². The highest BCUT2D eigenvalue weighted by atomic mass is 16.4. The fraction of sp³-hybridized carbons (Fsp3) is 0.385. The number of carboxylic acids is 1. The van der Waals surface area contributed by atoms with Gasteiger partial charge < -0.3 is 15.7 Å². The fourth-order valence-electron chi connectivity index (χ4n) is 1.63. The topological polar surface area (TPSA) is 78.4 Å². The summed E-state index contributed by atoms with van der Waals surface area (Å²) < 4.78 is 0. The van der Waals surface area contributed by atoms with Gasteiger partial charge in [-0.25, -0.2) is 9.59 Å². The van der Waals surface area contributed by atoms with E-state index in [1.165, 1.54) is 6.07 Å². The smallest absolute Gasteiger partial charge is 0.337 e. The number of benzene rings is 1. The summed E-state index contributed by atoms with van der Waals surface area (Å²) in [6.45, 7) is 2.73. The van der Waals surface area contributed by atoms with Gasteiger partial charge in [0.2, 0.25) is 0 Å². The van der Waals surface area contributed by atoms with Gasteiger partial charge in [0.15, 0.2) is 0 Å². The average Bonchev–Trinajstić information content (AvgIpc) is 3.06. The van der Waals surface area contributed by atoms with Crippen LogP contribution in [0.5, 0.6) is 0 Å². The summed E-state index contributed by atoms with van der Waals surface area (Å²) in [6.07, 6.45) is 2.25. The van der Waals surface area contributed by atoms with Crippen molar-refractivity contribution >= 4 is 17.7 Å². The van der Waals surface area contributed by atoms with E-state index in [1.54, 1.807) is 18.2 Å². The molecule has 2 amide bonds. The number of para-hydroxylation sites is 1. The van der Waals surface area contributed by atoms with Crippen LogP contribution in [0.1, 0.15) is 30.1 Å². The molecule has 0 heterocycles. The maximum Gasteiger partial charge on any atom is 0.337 e. The van der Waals surface area contributed by atoms with Crippen LogP contribution in [-0.4, -0.2) is 23.7 Å². The molecule has 2 rings (SSSR count). The van der Waals surface area contributed by atoms with Gasteiger partial charge in [-0.3, -0.25) is 0 Å². The second kappa shape index (κ2) is 4.68. The zero-order chi connectivity index (χ0) is 13.2. The lowest BCUT2D eigenvalue weighted by Gasteiger charge is -2.12. The predicted octanol–water partition coefficient (Wildman–Crippen LogP) is 2.31. The normalized spacial score (nSPS) is 15.8. The Hall–Kier alpha value is -2.04. The van der Waals surface area contributed by atoms with Crippen molar-refractivity contribution in [2.24, 2.45) is 5.41 Å². The number of nitrogens with one attached hydrogen (secondary N) is 2. The highest BCUT2D eigenvalue weighted by Gasteiger charge is 2.37. The number of aromatic carboxylic acids is 1. The molecule has 0 aromatic heterocycles. The van der Waals surface area contributed by atoms with Crippen LogP contribution in [-0.2, 0) is 0 Å². The Morgan fingerprint density at radius 3 is 2.61 bits per heavy atom. The Labute approximate surface area is 105 Å². The molecule has 0 bridgehead atoms. The molecule has 5 heteroatoms. The molecule has 0 radical (unpaired) electrons. The van der Waals surface area contributed by atoms with E-state index < -0.39 is 5.97 Å². The van der Waals surface area contributed by atoms with Gasteiger partial charge in [0.05, 0.1) is 11.3 Å². The standard InChI is InChI=1S/C13H16N2O3/c1-13(6-7-13)8-14-12(18)15-10-5-3-2-4-9(10)11(16)17/h2-5H,6-8H2,1H3,(H,16,17)(H2,14,15,18). The summed E-state index contributed by atoms with van der Waals surface area (Å²) in [5, 5.41) is 14.3. The lowest BCUT2D eigenvalue weighted by atomic mass is 10.1. The molecule has 1 aliphatic carbocycles. The highest BCUT2D eigenvalue weighted by molar-refractivity contribution is 5.99. The molecular weight excluding hydrogens is 232 g/mol. The number of carbonyl (C=O) groups is 2. The number of anilines is 1. The summed E-state index contributed by atoms with van der Waals surface area (Å²) in [4.78, 5) is 22.6. The quantitative estimate of drug-likeness (QED) is 0.765. The Bertz CT molecular complexity index is 481. The molecule has 0 saturated heterocycles. The summed E-state index contributed by atoms with van der Waals surface area (Å²) in [5.41, 5.74) is 0.623. The fourth-order valence-corrected chi connectivity index (χ4v) is 1.63. The lowest BCUT2D eigenvalue weighted by molar-refractivity contribution is 0.0698. The monoisotopic (exact) mass is 248 g/mol. The summed E-state index contributed by atoms with van der Waals surface area (Å²) in [7, 11) is 0. The third-order valence-electron chi connectivity index (χ3n) is 3.18. The summed E-state index contributed by atoms with van der Waals surface area (Å²) in [6, 6.07) is 5.97. The maximum absolute atomic E-state index is 11.6. The number of hydrogen-bond acceptors (Lipinski definition) is 2. The molecule has 1 aromatic rings. The van der Waals surface area contributed by atoms with Crippen LogP contribution in [0.15, 0.2) is 24.3 Å². The van der Waals surface area contributed by atoms with Crippen molar-refractivity contribution in [3.05, 3.63) is 29.8 Å². The van der Waals surface area contributed by atoms with Crippen LogP contribution in [0.25, 0.3) is 0 Å². The van der Waals surface area contributed by atoms with E-state index in [9.17, 15) is 9.59 Å². The van der Waals surface area contributed by atoms with Crippen LogP contribution in [0.3, 0.4) is 0 Å². The molecule has 0 aliphatic heterocycles. The van der Waals surface area contributed by atoms with Crippen molar-refractivity contribution in [1.82, 2.24) is 5.32 Å². The Morgan fingerprint density at radius 1 is 1.33 bits per heavy atom. The van der Waals surface area contributed by atoms with E-state index in [-0.39, 0.29) is 17.0 Å². The zero-order valence-electron chi connectivity index (χ0n) is 10.2. The maximum atomic E-state index is 11.6. The van der Waals surface area contributed by atoms with Gasteiger partial charge in [0, 0.05) is 6.54 Å². The highest BCUT2D eigenvalue weighted by Crippen LogP contribution is 2.43. The van der Waals surface area contributed by atoms with E-state index in [0.29, 0.717) is 12.2 Å². The largest absolute Gasteiger partial charge is 0.478 e. The zero-order valence-corrected chi connectivity index (χ0v) is 10.2. The van der Waals surface area contributed by atoms with Crippen molar-refractivity contribution < 1.29 is 14.7 Å². The average molecular weight is 248 g/mol. The molecule has 1 saturated carbocycles. The molecular formula is C13H16N2O3. The minimum Gasteiger partial charge on any atom is -0.478 e. The van der Waals surface area contributed by atoms with Crippen molar-refractivity contribution in [2.45, 2.75) is 19.8 Å². The molecule has 3 N–H and O–H groups in total. The molecule has 1 aliphatic rings. The summed E-state index contributed by atoms with van der Waals surface area (Å²) >= 11 is 0. The molecule has 0 spiro atoms. The number of carboxylic acid groups (broad SMARTS) is 1. The third-order valence-corrected chi connectivity index (χ3v) is 3.18. The van der Waals surface area contributed by atoms with Crippen molar-refractivity contribution in [2.75, 3.05) is 11.9 Å². The number of rotatable bonds is 4. The van der Waals surface area contributed by atoms with Crippen molar-refractivity contribution in [3.8, 4) is 0 Å². The van der Waals surface area contributed by atoms with Gasteiger partial charge in [0.1, 0.15) is 0 Å². The van der Waals surface area contributed by atoms with Gasteiger partial charge >= 0.3 is 12.0 Å². The second-order valence-electron chi connectivity index (χ2n) is 4.97. The SMILES string of the molecule is CC1(CNC(=O)Nc2ccccc2C(=O)O)CC1. The summed E-state index contributed by atoms with van der Waals surface area (Å²) in [5.74, 6) is -1.06. The number of urea groups is 1. The molecule has 5 nitrogen and oxygen atoms in total. The van der Waals surface area contributed by atoms with Crippen LogP contribution in [0.2, 0.25) is 0 Å². The minimum atomic E-state index is -1.06. The van der Waals surface area contributed by atoms with E-state index in [2.05, 4.69) is 17.6 Å². The van der Waals surface area contributed by atoms with Crippen molar-refractivity contribution in [1.29, 1.82) is 0 Å². The molecule has 1 fully saturated rings. The van der Waals surface area contributed by atoms with Crippen molar-refractivity contribution in [3.63, 3.8) is 0 Å². The Kier molecular flexibility index (Phi) is 3.23. The van der Waals surface area contributed by atoms with Crippen LogP contribution in [0.4, 0.5) is 10.5 Å². The Balaban J connectivity index is 1.96.